The molecule has 0 bridgehead atoms. The largest absolute Gasteiger partial charge is 0.450 e. The molecule has 0 aromatic heterocycles. The van der Waals surface area contributed by atoms with Crippen LogP contribution in [0.5, 0.6) is 0 Å². The Morgan fingerprint density at radius 1 is 1.25 bits per heavy atom. The standard InChI is InChI=1S/C14H14N2O4/c1-9(13(18)10-5-3-2-4-6-10)20-14(19)11-7-8-12(17)16-15-11/h2-6,9H,7-8H2,1H3,(H,16,17)/t9-/m1/s1. The molecule has 104 valence electrons. The van der Waals surface area contributed by atoms with Gasteiger partial charge in [0.1, 0.15) is 5.71 Å². The van der Waals surface area contributed by atoms with Crippen LogP contribution in [0.25, 0.3) is 0 Å². The molecule has 1 aliphatic heterocycles. The second kappa shape index (κ2) is 6.10. The van der Waals surface area contributed by atoms with Crippen LogP contribution >= 0.6 is 0 Å². The number of Topliss-reactive ketones (excluding diaryl/α,β-unsaturated/α-hetero) is 1. The number of carbonyl (C=O) groups is 3. The lowest BCUT2D eigenvalue weighted by Gasteiger charge is -2.15. The molecule has 1 N–H and O–H groups in total. The van der Waals surface area contributed by atoms with Crippen LogP contribution in [0.1, 0.15) is 30.1 Å². The van der Waals surface area contributed by atoms with Gasteiger partial charge < -0.3 is 4.74 Å². The van der Waals surface area contributed by atoms with Crippen molar-refractivity contribution in [3.05, 3.63) is 35.9 Å². The Balaban J connectivity index is 1.98. The third-order valence-corrected chi connectivity index (χ3v) is 2.85. The highest BCUT2D eigenvalue weighted by atomic mass is 16.5. The van der Waals surface area contributed by atoms with Crippen molar-refractivity contribution in [2.75, 3.05) is 0 Å². The molecule has 0 saturated heterocycles. The van der Waals surface area contributed by atoms with Crippen molar-refractivity contribution < 1.29 is 19.1 Å². The van der Waals surface area contributed by atoms with E-state index in [0.29, 0.717) is 5.56 Å². The molecule has 1 amide bonds. The average Bonchev–Trinajstić information content (AvgIpc) is 2.48. The number of ketones is 1. The molecule has 6 heteroatoms. The molecule has 20 heavy (non-hydrogen) atoms. The quantitative estimate of drug-likeness (QED) is 0.657. The van der Waals surface area contributed by atoms with E-state index in [0.717, 1.165) is 0 Å². The maximum Gasteiger partial charge on any atom is 0.355 e. The zero-order chi connectivity index (χ0) is 14.5. The highest BCUT2D eigenvalue weighted by Crippen LogP contribution is 2.08. The van der Waals surface area contributed by atoms with E-state index in [2.05, 4.69) is 10.5 Å². The molecular weight excluding hydrogens is 260 g/mol. The molecule has 1 atom stereocenters. The summed E-state index contributed by atoms with van der Waals surface area (Å²) in [6.07, 6.45) is -0.489. The van der Waals surface area contributed by atoms with Crippen molar-refractivity contribution in [2.24, 2.45) is 5.10 Å². The Hall–Kier alpha value is -2.50. The number of ether oxygens (including phenoxy) is 1. The van der Waals surface area contributed by atoms with Gasteiger partial charge in [-0.2, -0.15) is 5.10 Å². The van der Waals surface area contributed by atoms with Gasteiger partial charge >= 0.3 is 5.97 Å². The third-order valence-electron chi connectivity index (χ3n) is 2.85. The van der Waals surface area contributed by atoms with E-state index >= 15 is 0 Å². The second-order valence-electron chi connectivity index (χ2n) is 4.37. The summed E-state index contributed by atoms with van der Waals surface area (Å²) >= 11 is 0. The molecule has 0 spiro atoms. The Labute approximate surface area is 115 Å². The normalized spacial score (nSPS) is 15.8. The molecule has 0 saturated carbocycles. The number of nitrogens with zero attached hydrogens (tertiary/aromatic N) is 1. The lowest BCUT2D eigenvalue weighted by atomic mass is 10.1. The third kappa shape index (κ3) is 3.28. The van der Waals surface area contributed by atoms with Crippen LogP contribution in [0.15, 0.2) is 35.4 Å². The van der Waals surface area contributed by atoms with E-state index in [1.54, 1.807) is 30.3 Å². The van der Waals surface area contributed by atoms with Crippen LogP contribution in [0, 0.1) is 0 Å². The molecule has 0 fully saturated rings. The minimum Gasteiger partial charge on any atom is -0.450 e. The van der Waals surface area contributed by atoms with E-state index in [9.17, 15) is 14.4 Å². The van der Waals surface area contributed by atoms with Crippen LogP contribution in [-0.2, 0) is 14.3 Å². The molecule has 0 radical (unpaired) electrons. The van der Waals surface area contributed by atoms with Gasteiger partial charge in [0.2, 0.25) is 11.7 Å². The molecule has 2 rings (SSSR count). The number of hydrogen-bond donors (Lipinski definition) is 1. The van der Waals surface area contributed by atoms with Gasteiger partial charge in [-0.1, -0.05) is 30.3 Å². The average molecular weight is 274 g/mol. The maximum absolute atomic E-state index is 12.0. The predicted molar refractivity (Wildman–Crippen MR) is 71.1 cm³/mol. The number of nitrogens with one attached hydrogen (secondary N) is 1. The smallest absolute Gasteiger partial charge is 0.355 e. The molecule has 0 unspecified atom stereocenters. The first-order valence-corrected chi connectivity index (χ1v) is 6.23. The summed E-state index contributed by atoms with van der Waals surface area (Å²) in [4.78, 5) is 34.7. The predicted octanol–water partition coefficient (Wildman–Crippen LogP) is 1.07. The summed E-state index contributed by atoms with van der Waals surface area (Å²) in [5, 5.41) is 3.63. The zero-order valence-electron chi connectivity index (χ0n) is 11.0. The SMILES string of the molecule is C[C@@H](OC(=O)C1=NNC(=O)CC1)C(=O)c1ccccc1. The van der Waals surface area contributed by atoms with Gasteiger partial charge in [-0.25, -0.2) is 10.2 Å². The van der Waals surface area contributed by atoms with Gasteiger partial charge in [0.25, 0.3) is 0 Å². The van der Waals surface area contributed by atoms with Gasteiger partial charge in [-0.05, 0) is 6.92 Å². The summed E-state index contributed by atoms with van der Waals surface area (Å²) in [5.74, 6) is -1.20. The summed E-state index contributed by atoms with van der Waals surface area (Å²) in [5.41, 5.74) is 2.81. The van der Waals surface area contributed by atoms with Crippen molar-refractivity contribution >= 4 is 23.4 Å². The first-order chi connectivity index (χ1) is 9.58. The monoisotopic (exact) mass is 274 g/mol. The minimum atomic E-state index is -0.898. The van der Waals surface area contributed by atoms with E-state index < -0.39 is 12.1 Å². The van der Waals surface area contributed by atoms with Gasteiger partial charge in [-0.3, -0.25) is 9.59 Å². The van der Waals surface area contributed by atoms with Crippen LogP contribution in [0.2, 0.25) is 0 Å². The van der Waals surface area contributed by atoms with Crippen molar-refractivity contribution in [3.8, 4) is 0 Å². The van der Waals surface area contributed by atoms with Gasteiger partial charge in [0, 0.05) is 18.4 Å². The number of rotatable bonds is 4. The second-order valence-corrected chi connectivity index (χ2v) is 4.37. The number of carbonyl (C=O) groups excluding carboxylic acids is 3. The van der Waals surface area contributed by atoms with E-state index in [1.165, 1.54) is 6.92 Å². The number of hydrazone groups is 1. The number of amides is 1. The van der Waals surface area contributed by atoms with Crippen molar-refractivity contribution in [3.63, 3.8) is 0 Å². The summed E-state index contributed by atoms with van der Waals surface area (Å²) < 4.78 is 5.07. The highest BCUT2D eigenvalue weighted by molar-refractivity contribution is 6.37. The molecule has 1 aromatic rings. The van der Waals surface area contributed by atoms with E-state index in [4.69, 9.17) is 4.74 Å². The number of benzene rings is 1. The number of hydrogen-bond acceptors (Lipinski definition) is 5. The van der Waals surface area contributed by atoms with E-state index in [1.807, 2.05) is 0 Å². The minimum absolute atomic E-state index is 0.123. The fourth-order valence-electron chi connectivity index (χ4n) is 1.74. The molecule has 1 heterocycles. The van der Waals surface area contributed by atoms with Crippen molar-refractivity contribution in [2.45, 2.75) is 25.9 Å². The van der Waals surface area contributed by atoms with Crippen molar-refractivity contribution in [1.29, 1.82) is 0 Å². The number of esters is 1. The molecule has 1 aromatic carbocycles. The Morgan fingerprint density at radius 2 is 1.95 bits per heavy atom. The topological polar surface area (TPSA) is 84.8 Å². The summed E-state index contributed by atoms with van der Waals surface area (Å²) in [7, 11) is 0. The molecule has 1 aliphatic rings. The highest BCUT2D eigenvalue weighted by Gasteiger charge is 2.24. The van der Waals surface area contributed by atoms with Crippen LogP contribution < -0.4 is 5.43 Å². The van der Waals surface area contributed by atoms with Crippen LogP contribution in [0.3, 0.4) is 0 Å². The fraction of sp³-hybridized carbons (Fsp3) is 0.286. The zero-order valence-corrected chi connectivity index (χ0v) is 11.0. The summed E-state index contributed by atoms with van der Waals surface area (Å²) in [6, 6.07) is 8.59. The van der Waals surface area contributed by atoms with Gasteiger partial charge in [-0.15, -0.1) is 0 Å². The Kier molecular flexibility index (Phi) is 4.24. The molecule has 6 nitrogen and oxygen atoms in total. The first-order valence-electron chi connectivity index (χ1n) is 6.23. The van der Waals surface area contributed by atoms with Gasteiger partial charge in [0.05, 0.1) is 0 Å². The van der Waals surface area contributed by atoms with Crippen LogP contribution in [-0.4, -0.2) is 29.5 Å². The maximum atomic E-state index is 12.0. The van der Waals surface area contributed by atoms with E-state index in [-0.39, 0.29) is 30.2 Å². The Bertz CT molecular complexity index is 566. The first kappa shape index (κ1) is 13.9. The van der Waals surface area contributed by atoms with Gasteiger partial charge in [0.15, 0.2) is 6.10 Å². The Morgan fingerprint density at radius 3 is 2.55 bits per heavy atom. The fourth-order valence-corrected chi connectivity index (χ4v) is 1.74. The summed E-state index contributed by atoms with van der Waals surface area (Å²) in [6.45, 7) is 1.51. The molecular formula is C14H14N2O4. The van der Waals surface area contributed by atoms with Crippen molar-refractivity contribution in [1.82, 2.24) is 5.43 Å². The lowest BCUT2D eigenvalue weighted by molar-refractivity contribution is -0.138. The lowest BCUT2D eigenvalue weighted by Crippen LogP contribution is -2.34. The molecule has 0 aliphatic carbocycles. The van der Waals surface area contributed by atoms with Crippen LogP contribution in [0.4, 0.5) is 0 Å².